The third-order valence-corrected chi connectivity index (χ3v) is 3.58. The van der Waals surface area contributed by atoms with Gasteiger partial charge in [-0.3, -0.25) is 10.1 Å². The second-order valence-corrected chi connectivity index (χ2v) is 5.88. The molecule has 0 heterocycles. The molecule has 1 aromatic rings. The average Bonchev–Trinajstić information content (AvgIpc) is 2.27. The molecule has 0 unspecified atom stereocenters. The van der Waals surface area contributed by atoms with Crippen LogP contribution in [0.1, 0.15) is 25.3 Å². The third kappa shape index (κ3) is 2.85. The molecule has 2 N–H and O–H groups in total. The maximum atomic E-state index is 11.0. The minimum absolute atomic E-state index is 0.0537. The fourth-order valence-corrected chi connectivity index (χ4v) is 2.73. The predicted octanol–water partition coefficient (Wildman–Crippen LogP) is 2.55. The van der Waals surface area contributed by atoms with Crippen LogP contribution in [0.2, 0.25) is 0 Å². The molecule has 2 rings (SSSR count). The quantitative estimate of drug-likeness (QED) is 0.657. The van der Waals surface area contributed by atoms with Crippen LogP contribution in [-0.4, -0.2) is 21.7 Å². The van der Waals surface area contributed by atoms with E-state index in [2.05, 4.69) is 21.2 Å². The molecule has 0 saturated heterocycles. The van der Waals surface area contributed by atoms with Crippen molar-refractivity contribution < 1.29 is 10.0 Å². The van der Waals surface area contributed by atoms with E-state index in [0.29, 0.717) is 17.3 Å². The molecule has 0 bridgehead atoms. The highest BCUT2D eigenvalue weighted by Gasteiger charge is 2.39. The number of nitro groups is 1. The van der Waals surface area contributed by atoms with Crippen molar-refractivity contribution in [2.75, 3.05) is 5.32 Å². The van der Waals surface area contributed by atoms with Crippen LogP contribution in [0.25, 0.3) is 0 Å². The molecule has 1 aliphatic rings. The Balaban J connectivity index is 2.33. The summed E-state index contributed by atoms with van der Waals surface area (Å²) in [6.07, 6.45) is 1.01. The summed E-state index contributed by atoms with van der Waals surface area (Å²) >= 11 is 3.15. The average molecular weight is 326 g/mol. The summed E-state index contributed by atoms with van der Waals surface area (Å²) in [6, 6.07) is 4.79. The highest BCUT2D eigenvalue weighted by atomic mass is 79.9. The van der Waals surface area contributed by atoms with Crippen molar-refractivity contribution in [1.82, 2.24) is 0 Å². The monoisotopic (exact) mass is 325 g/mol. The number of nitrogens with zero attached hydrogens (tertiary/aromatic N) is 2. The van der Waals surface area contributed by atoms with Crippen molar-refractivity contribution >= 4 is 27.3 Å². The fraction of sp³-hybridized carbons (Fsp3) is 0.417. The zero-order valence-corrected chi connectivity index (χ0v) is 11.8. The lowest BCUT2D eigenvalue weighted by Gasteiger charge is -2.41. The van der Waals surface area contributed by atoms with Crippen LogP contribution in [-0.2, 0) is 0 Å². The Morgan fingerprint density at radius 1 is 1.63 bits per heavy atom. The highest BCUT2D eigenvalue weighted by Crippen LogP contribution is 2.38. The number of nitriles is 1. The minimum atomic E-state index is -0.728. The van der Waals surface area contributed by atoms with Gasteiger partial charge in [-0.15, -0.1) is 0 Å². The van der Waals surface area contributed by atoms with Gasteiger partial charge in [0, 0.05) is 16.6 Å². The lowest BCUT2D eigenvalue weighted by Crippen LogP contribution is -2.48. The van der Waals surface area contributed by atoms with Crippen LogP contribution in [0.15, 0.2) is 16.6 Å². The van der Waals surface area contributed by atoms with Gasteiger partial charge in [-0.25, -0.2) is 0 Å². The van der Waals surface area contributed by atoms with Crippen LogP contribution >= 0.6 is 15.9 Å². The molecule has 6 nitrogen and oxygen atoms in total. The maximum Gasteiger partial charge on any atom is 0.294 e. The first-order valence-corrected chi connectivity index (χ1v) is 6.48. The van der Waals surface area contributed by atoms with Gasteiger partial charge in [0.2, 0.25) is 0 Å². The molecule has 100 valence electrons. The van der Waals surface area contributed by atoms with E-state index in [4.69, 9.17) is 5.26 Å². The highest BCUT2D eigenvalue weighted by molar-refractivity contribution is 9.10. The predicted molar refractivity (Wildman–Crippen MR) is 72.8 cm³/mol. The van der Waals surface area contributed by atoms with Gasteiger partial charge in [-0.2, -0.15) is 5.26 Å². The first kappa shape index (κ1) is 13.8. The van der Waals surface area contributed by atoms with Crippen LogP contribution in [0.5, 0.6) is 0 Å². The Bertz CT molecular complexity index is 572. The van der Waals surface area contributed by atoms with Gasteiger partial charge in [0.05, 0.1) is 16.1 Å². The van der Waals surface area contributed by atoms with Crippen molar-refractivity contribution in [3.8, 4) is 6.07 Å². The first-order valence-electron chi connectivity index (χ1n) is 5.69. The van der Waals surface area contributed by atoms with Crippen molar-refractivity contribution in [2.24, 2.45) is 0 Å². The Kier molecular flexibility index (Phi) is 3.47. The van der Waals surface area contributed by atoms with Gasteiger partial charge in [0.25, 0.3) is 5.69 Å². The number of nitro benzene ring substituents is 1. The largest absolute Gasteiger partial charge is 0.390 e. The van der Waals surface area contributed by atoms with Crippen molar-refractivity contribution in [2.45, 2.75) is 31.4 Å². The van der Waals surface area contributed by atoms with E-state index < -0.39 is 10.5 Å². The molecule has 0 atom stereocenters. The maximum absolute atomic E-state index is 11.0. The molecule has 0 aromatic heterocycles. The Morgan fingerprint density at radius 3 is 2.74 bits per heavy atom. The fourth-order valence-electron chi connectivity index (χ4n) is 2.28. The molecule has 0 radical (unpaired) electrons. The smallest absolute Gasteiger partial charge is 0.294 e. The number of hydrogen-bond acceptors (Lipinski definition) is 5. The van der Waals surface area contributed by atoms with E-state index in [1.165, 1.54) is 12.1 Å². The molecule has 7 heteroatoms. The number of anilines is 1. The summed E-state index contributed by atoms with van der Waals surface area (Å²) in [5.74, 6) is 0. The molecule has 1 aromatic carbocycles. The Labute approximate surface area is 118 Å². The standard InChI is InChI=1S/C12H12BrN3O3/c1-12(17)4-9(5-12)15-11-7(6-14)2-8(13)3-10(11)16(18)19/h2-3,9,15,17H,4-5H2,1H3/t9-,12+. The molecular weight excluding hydrogens is 314 g/mol. The second-order valence-electron chi connectivity index (χ2n) is 4.96. The van der Waals surface area contributed by atoms with E-state index in [-0.39, 0.29) is 23.0 Å². The zero-order chi connectivity index (χ0) is 14.2. The molecule has 1 aliphatic carbocycles. The lowest BCUT2D eigenvalue weighted by molar-refractivity contribution is -0.384. The van der Waals surface area contributed by atoms with Crippen molar-refractivity contribution in [1.29, 1.82) is 5.26 Å². The van der Waals surface area contributed by atoms with Gasteiger partial charge >= 0.3 is 0 Å². The van der Waals surface area contributed by atoms with Gasteiger partial charge in [-0.1, -0.05) is 15.9 Å². The molecule has 1 saturated carbocycles. The lowest BCUT2D eigenvalue weighted by atomic mass is 9.77. The number of aliphatic hydroxyl groups is 1. The van der Waals surface area contributed by atoms with E-state index in [0.717, 1.165) is 0 Å². The van der Waals surface area contributed by atoms with Crippen LogP contribution in [0.4, 0.5) is 11.4 Å². The van der Waals surface area contributed by atoms with E-state index in [1.807, 2.05) is 6.07 Å². The topological polar surface area (TPSA) is 99.2 Å². The Morgan fingerprint density at radius 2 is 2.26 bits per heavy atom. The van der Waals surface area contributed by atoms with Crippen LogP contribution in [0, 0.1) is 21.4 Å². The molecule has 19 heavy (non-hydrogen) atoms. The molecule has 1 fully saturated rings. The molecular formula is C12H12BrN3O3. The second kappa shape index (κ2) is 4.79. The number of rotatable bonds is 3. The SMILES string of the molecule is C[C@]1(O)C[C@@H](Nc2c(C#N)cc(Br)cc2[N+](=O)[O-])C1. The molecule has 0 amide bonds. The number of benzene rings is 1. The summed E-state index contributed by atoms with van der Waals surface area (Å²) < 4.78 is 0.488. The first-order chi connectivity index (χ1) is 8.82. The van der Waals surface area contributed by atoms with Gasteiger partial charge in [0.1, 0.15) is 11.8 Å². The summed E-state index contributed by atoms with van der Waals surface area (Å²) in [4.78, 5) is 10.5. The summed E-state index contributed by atoms with van der Waals surface area (Å²) in [7, 11) is 0. The van der Waals surface area contributed by atoms with Gasteiger partial charge < -0.3 is 10.4 Å². The van der Waals surface area contributed by atoms with Crippen LogP contribution in [0.3, 0.4) is 0 Å². The molecule has 0 aliphatic heterocycles. The van der Waals surface area contributed by atoms with Crippen molar-refractivity contribution in [3.63, 3.8) is 0 Å². The zero-order valence-electron chi connectivity index (χ0n) is 10.2. The van der Waals surface area contributed by atoms with Crippen LogP contribution < -0.4 is 5.32 Å². The number of hydrogen-bond donors (Lipinski definition) is 2. The normalized spacial score (nSPS) is 25.3. The van der Waals surface area contributed by atoms with Crippen molar-refractivity contribution in [3.05, 3.63) is 32.3 Å². The Hall–Kier alpha value is -1.65. The summed E-state index contributed by atoms with van der Waals surface area (Å²) in [5.41, 5.74) is -0.435. The molecule has 0 spiro atoms. The number of nitrogens with one attached hydrogen (secondary N) is 1. The van der Waals surface area contributed by atoms with E-state index in [1.54, 1.807) is 6.92 Å². The van der Waals surface area contributed by atoms with Gasteiger partial charge in [0.15, 0.2) is 0 Å². The van der Waals surface area contributed by atoms with E-state index >= 15 is 0 Å². The van der Waals surface area contributed by atoms with E-state index in [9.17, 15) is 15.2 Å². The van der Waals surface area contributed by atoms with Gasteiger partial charge in [-0.05, 0) is 25.8 Å². The summed E-state index contributed by atoms with van der Waals surface area (Å²) in [6.45, 7) is 1.71. The minimum Gasteiger partial charge on any atom is -0.390 e. The third-order valence-electron chi connectivity index (χ3n) is 3.12. The summed E-state index contributed by atoms with van der Waals surface area (Å²) in [5, 5.41) is 32.8. The number of halogens is 1.